The zero-order valence-electron chi connectivity index (χ0n) is 10.6. The lowest BCUT2D eigenvalue weighted by molar-refractivity contribution is -0.119. The van der Waals surface area contributed by atoms with Crippen LogP contribution in [0.4, 0.5) is 0 Å². The third-order valence-electron chi connectivity index (χ3n) is 3.44. The van der Waals surface area contributed by atoms with E-state index in [2.05, 4.69) is 43.4 Å². The maximum absolute atomic E-state index is 11.5. The molecule has 0 aromatic heterocycles. The summed E-state index contributed by atoms with van der Waals surface area (Å²) in [5.74, 6) is 1.38. The zero-order chi connectivity index (χ0) is 12.3. The fraction of sp³-hybridized carbons (Fsp3) is 0.533. The number of hydrogen-bond acceptors (Lipinski definition) is 1. The van der Waals surface area contributed by atoms with Crippen LogP contribution in [0.15, 0.2) is 30.3 Å². The molecule has 0 spiro atoms. The van der Waals surface area contributed by atoms with Gasteiger partial charge in [-0.1, -0.05) is 44.2 Å². The lowest BCUT2D eigenvalue weighted by Crippen LogP contribution is -2.31. The largest absolute Gasteiger partial charge is 0.353 e. The maximum Gasteiger partial charge on any atom is 0.220 e. The second kappa shape index (κ2) is 5.35. The molecular formula is C15H21NO. The molecule has 1 saturated heterocycles. The second-order valence-electron chi connectivity index (χ2n) is 5.46. The van der Waals surface area contributed by atoms with Gasteiger partial charge in [0.25, 0.3) is 0 Å². The van der Waals surface area contributed by atoms with E-state index in [1.165, 1.54) is 5.56 Å². The van der Waals surface area contributed by atoms with Gasteiger partial charge in [0.1, 0.15) is 0 Å². The molecule has 1 fully saturated rings. The van der Waals surface area contributed by atoms with Gasteiger partial charge in [0.05, 0.1) is 0 Å². The third-order valence-corrected chi connectivity index (χ3v) is 3.44. The number of amides is 1. The standard InChI is InChI=1S/C15H21NO/c1-11(2)8-13-10-15(17)16-14(13)9-12-6-4-3-5-7-12/h3-7,11,13-14H,8-10H2,1-2H3,(H,16,17). The summed E-state index contributed by atoms with van der Waals surface area (Å²) in [6, 6.07) is 10.7. The van der Waals surface area contributed by atoms with Crippen molar-refractivity contribution < 1.29 is 4.79 Å². The van der Waals surface area contributed by atoms with Crippen molar-refractivity contribution in [3.63, 3.8) is 0 Å². The van der Waals surface area contributed by atoms with Crippen LogP contribution in [-0.4, -0.2) is 11.9 Å². The summed E-state index contributed by atoms with van der Waals surface area (Å²) in [5.41, 5.74) is 1.31. The van der Waals surface area contributed by atoms with Gasteiger partial charge in [-0.3, -0.25) is 4.79 Å². The molecule has 1 aromatic rings. The van der Waals surface area contributed by atoms with Gasteiger partial charge in [0, 0.05) is 12.5 Å². The SMILES string of the molecule is CC(C)CC1CC(=O)NC1Cc1ccccc1. The van der Waals surface area contributed by atoms with E-state index in [0.717, 1.165) is 12.8 Å². The van der Waals surface area contributed by atoms with Crippen molar-refractivity contribution in [3.8, 4) is 0 Å². The summed E-state index contributed by atoms with van der Waals surface area (Å²) in [4.78, 5) is 11.5. The predicted molar refractivity (Wildman–Crippen MR) is 69.6 cm³/mol. The molecule has 0 bridgehead atoms. The first-order valence-corrected chi connectivity index (χ1v) is 6.48. The summed E-state index contributed by atoms with van der Waals surface area (Å²) >= 11 is 0. The van der Waals surface area contributed by atoms with Crippen molar-refractivity contribution >= 4 is 5.91 Å². The van der Waals surface area contributed by atoms with E-state index in [0.29, 0.717) is 24.3 Å². The number of carbonyl (C=O) groups is 1. The van der Waals surface area contributed by atoms with E-state index in [9.17, 15) is 4.79 Å². The number of benzene rings is 1. The summed E-state index contributed by atoms with van der Waals surface area (Å²) < 4.78 is 0. The zero-order valence-corrected chi connectivity index (χ0v) is 10.6. The van der Waals surface area contributed by atoms with Crippen LogP contribution in [0.2, 0.25) is 0 Å². The molecule has 2 nitrogen and oxygen atoms in total. The quantitative estimate of drug-likeness (QED) is 0.848. The second-order valence-corrected chi connectivity index (χ2v) is 5.46. The van der Waals surface area contributed by atoms with Crippen LogP contribution in [0.5, 0.6) is 0 Å². The Kier molecular flexibility index (Phi) is 3.82. The van der Waals surface area contributed by atoms with E-state index in [4.69, 9.17) is 0 Å². The molecule has 2 unspecified atom stereocenters. The molecule has 1 aliphatic heterocycles. The van der Waals surface area contributed by atoms with Gasteiger partial charge in [-0.15, -0.1) is 0 Å². The lowest BCUT2D eigenvalue weighted by Gasteiger charge is -2.20. The Bertz CT molecular complexity index is 372. The van der Waals surface area contributed by atoms with Crippen LogP contribution < -0.4 is 5.32 Å². The molecule has 1 N–H and O–H groups in total. The molecule has 1 heterocycles. The third kappa shape index (κ3) is 3.32. The Morgan fingerprint density at radius 2 is 2.00 bits per heavy atom. The molecule has 0 aliphatic carbocycles. The van der Waals surface area contributed by atoms with Gasteiger partial charge in [0.2, 0.25) is 5.91 Å². The van der Waals surface area contributed by atoms with Crippen LogP contribution in [0.3, 0.4) is 0 Å². The van der Waals surface area contributed by atoms with Crippen molar-refractivity contribution in [2.45, 2.75) is 39.2 Å². The van der Waals surface area contributed by atoms with Gasteiger partial charge < -0.3 is 5.32 Å². The van der Waals surface area contributed by atoms with Gasteiger partial charge in [-0.05, 0) is 30.2 Å². The van der Waals surface area contributed by atoms with Crippen LogP contribution in [0, 0.1) is 11.8 Å². The Hall–Kier alpha value is -1.31. The highest BCUT2D eigenvalue weighted by Gasteiger charge is 2.32. The van der Waals surface area contributed by atoms with E-state index in [-0.39, 0.29) is 5.91 Å². The van der Waals surface area contributed by atoms with E-state index < -0.39 is 0 Å². The first kappa shape index (κ1) is 12.2. The number of hydrogen-bond donors (Lipinski definition) is 1. The van der Waals surface area contributed by atoms with Gasteiger partial charge in [-0.2, -0.15) is 0 Å². The topological polar surface area (TPSA) is 29.1 Å². The molecular weight excluding hydrogens is 210 g/mol. The highest BCUT2D eigenvalue weighted by atomic mass is 16.2. The smallest absolute Gasteiger partial charge is 0.220 e. The van der Waals surface area contributed by atoms with Crippen molar-refractivity contribution in [2.75, 3.05) is 0 Å². The highest BCUT2D eigenvalue weighted by Crippen LogP contribution is 2.26. The molecule has 2 rings (SSSR count). The molecule has 2 atom stereocenters. The summed E-state index contributed by atoms with van der Waals surface area (Å²) in [6.07, 6.45) is 2.80. The molecule has 92 valence electrons. The molecule has 17 heavy (non-hydrogen) atoms. The fourth-order valence-electron chi connectivity index (χ4n) is 2.70. The van der Waals surface area contributed by atoms with Crippen LogP contribution in [-0.2, 0) is 11.2 Å². The minimum Gasteiger partial charge on any atom is -0.353 e. The molecule has 0 radical (unpaired) electrons. The van der Waals surface area contributed by atoms with Gasteiger partial charge in [0.15, 0.2) is 0 Å². The van der Waals surface area contributed by atoms with Crippen LogP contribution >= 0.6 is 0 Å². The van der Waals surface area contributed by atoms with Crippen molar-refractivity contribution in [3.05, 3.63) is 35.9 Å². The highest BCUT2D eigenvalue weighted by molar-refractivity contribution is 5.79. The van der Waals surface area contributed by atoms with E-state index >= 15 is 0 Å². The first-order valence-electron chi connectivity index (χ1n) is 6.48. The van der Waals surface area contributed by atoms with Crippen molar-refractivity contribution in [1.82, 2.24) is 5.32 Å². The minimum atomic E-state index is 0.219. The van der Waals surface area contributed by atoms with Crippen LogP contribution in [0.1, 0.15) is 32.3 Å². The number of nitrogens with one attached hydrogen (secondary N) is 1. The fourth-order valence-corrected chi connectivity index (χ4v) is 2.70. The monoisotopic (exact) mass is 231 g/mol. The minimum absolute atomic E-state index is 0.219. The maximum atomic E-state index is 11.5. The van der Waals surface area contributed by atoms with Crippen molar-refractivity contribution in [2.24, 2.45) is 11.8 Å². The van der Waals surface area contributed by atoms with Gasteiger partial charge in [-0.25, -0.2) is 0 Å². The first-order chi connectivity index (χ1) is 8.15. The Morgan fingerprint density at radius 3 is 2.65 bits per heavy atom. The van der Waals surface area contributed by atoms with Gasteiger partial charge >= 0.3 is 0 Å². The molecule has 1 aliphatic rings. The molecule has 1 aromatic carbocycles. The predicted octanol–water partition coefficient (Wildman–Crippen LogP) is 2.78. The summed E-state index contributed by atoms with van der Waals surface area (Å²) in [5, 5.41) is 3.12. The number of rotatable bonds is 4. The Morgan fingerprint density at radius 1 is 1.29 bits per heavy atom. The van der Waals surface area contributed by atoms with Crippen LogP contribution in [0.25, 0.3) is 0 Å². The lowest BCUT2D eigenvalue weighted by atomic mass is 9.88. The Balaban J connectivity index is 2.01. The molecule has 0 saturated carbocycles. The summed E-state index contributed by atoms with van der Waals surface area (Å²) in [6.45, 7) is 4.45. The van der Waals surface area contributed by atoms with E-state index in [1.54, 1.807) is 0 Å². The number of carbonyl (C=O) groups excluding carboxylic acids is 1. The normalized spacial score (nSPS) is 24.1. The van der Waals surface area contributed by atoms with Crippen molar-refractivity contribution in [1.29, 1.82) is 0 Å². The molecule has 2 heteroatoms. The average Bonchev–Trinajstić information content (AvgIpc) is 2.59. The Labute approximate surface area is 103 Å². The summed E-state index contributed by atoms with van der Waals surface area (Å²) in [7, 11) is 0. The average molecular weight is 231 g/mol. The molecule has 1 amide bonds. The van der Waals surface area contributed by atoms with E-state index in [1.807, 2.05) is 6.07 Å².